The molecule has 0 aliphatic carbocycles. The minimum absolute atomic E-state index is 0.178. The second kappa shape index (κ2) is 9.17. The summed E-state index contributed by atoms with van der Waals surface area (Å²) in [5.74, 6) is 0.745. The van der Waals surface area contributed by atoms with Crippen LogP contribution in [0.2, 0.25) is 0 Å². The number of nitriles is 1. The van der Waals surface area contributed by atoms with Gasteiger partial charge >= 0.3 is 0 Å². The minimum atomic E-state index is -0.319. The van der Waals surface area contributed by atoms with Gasteiger partial charge in [0.2, 0.25) is 0 Å². The van der Waals surface area contributed by atoms with Crippen molar-refractivity contribution < 1.29 is 9.50 Å². The van der Waals surface area contributed by atoms with Crippen LogP contribution in [0.5, 0.6) is 5.75 Å². The van der Waals surface area contributed by atoms with E-state index in [2.05, 4.69) is 30.9 Å². The number of hydrogen-bond donors (Lipinski definition) is 2. The quantitative estimate of drug-likeness (QED) is 0.341. The molecule has 3 fully saturated rings. The minimum Gasteiger partial charge on any atom is -0.507 e. The number of piperidine rings is 1. The maximum atomic E-state index is 14.0. The third-order valence-corrected chi connectivity index (χ3v) is 8.20. The third-order valence-electron chi connectivity index (χ3n) is 8.20. The zero-order chi connectivity index (χ0) is 27.5. The Morgan fingerprint density at radius 2 is 1.93 bits per heavy atom. The number of aryl methyl sites for hydroxylation is 2. The highest BCUT2D eigenvalue weighted by Crippen LogP contribution is 2.38. The number of nitrogens with one attached hydrogen (secondary N) is 1. The van der Waals surface area contributed by atoms with E-state index < -0.39 is 0 Å². The average Bonchev–Trinajstić information content (AvgIpc) is 3.59. The number of phenols is 1. The molecule has 7 heterocycles. The van der Waals surface area contributed by atoms with Crippen LogP contribution in [0.3, 0.4) is 0 Å². The van der Waals surface area contributed by atoms with Gasteiger partial charge < -0.3 is 15.0 Å². The second-order valence-electron chi connectivity index (χ2n) is 10.8. The highest BCUT2D eigenvalue weighted by atomic mass is 19.1. The number of nitrogens with zero attached hydrogens (tertiary/aromatic N) is 7. The van der Waals surface area contributed by atoms with E-state index in [1.165, 1.54) is 12.1 Å². The molecule has 9 nitrogen and oxygen atoms in total. The second-order valence-corrected chi connectivity index (χ2v) is 10.8. The topological polar surface area (TPSA) is 110 Å². The normalized spacial score (nSPS) is 18.6. The fourth-order valence-corrected chi connectivity index (χ4v) is 6.16. The largest absolute Gasteiger partial charge is 0.507 e. The Hall–Kier alpha value is -4.75. The number of aromatic amines is 1. The van der Waals surface area contributed by atoms with Crippen LogP contribution < -0.4 is 4.90 Å². The maximum Gasteiger partial charge on any atom is 0.138 e. The summed E-state index contributed by atoms with van der Waals surface area (Å²) < 4.78 is 15.7. The number of anilines is 1. The van der Waals surface area contributed by atoms with E-state index >= 15 is 0 Å². The van der Waals surface area contributed by atoms with Gasteiger partial charge in [0.15, 0.2) is 0 Å². The van der Waals surface area contributed by atoms with Crippen LogP contribution in [0.25, 0.3) is 33.4 Å². The number of pyridine rings is 2. The lowest BCUT2D eigenvalue weighted by Gasteiger charge is -2.56. The first kappa shape index (κ1) is 24.3. The molecule has 0 amide bonds. The summed E-state index contributed by atoms with van der Waals surface area (Å²) >= 11 is 0. The molecule has 0 spiro atoms. The van der Waals surface area contributed by atoms with Gasteiger partial charge in [0, 0.05) is 85.0 Å². The van der Waals surface area contributed by atoms with Crippen molar-refractivity contribution in [2.24, 2.45) is 7.05 Å². The standard InChI is InChI=1S/C30H27FN8O/c1-17-5-22(31)6-19(29(17)40)14-39-23-7-24(39)16-38(15-23)27-4-3-18(10-33-27)28-20(9-32)11-34-30-25(28)8-26(36-30)21-12-35-37(2)13-21/h3-6,8,10-13,23-24,40H,7,14-16H2,1-2H3,(H,34,36). The van der Waals surface area contributed by atoms with E-state index in [0.717, 1.165) is 53.1 Å². The maximum absolute atomic E-state index is 14.0. The van der Waals surface area contributed by atoms with Gasteiger partial charge in [-0.1, -0.05) is 0 Å². The van der Waals surface area contributed by atoms with E-state index in [1.807, 2.05) is 37.6 Å². The SMILES string of the molecule is Cc1cc(F)cc(CN2C3CC2CN(c2ccc(-c4c(C#N)cnc5[nH]c(-c6cnn(C)c6)cc45)cn2)C3)c1O. The lowest BCUT2D eigenvalue weighted by molar-refractivity contribution is -0.00923. The van der Waals surface area contributed by atoms with Crippen molar-refractivity contribution in [2.45, 2.75) is 32.0 Å². The summed E-state index contributed by atoms with van der Waals surface area (Å²) in [6.45, 7) is 3.88. The zero-order valence-electron chi connectivity index (χ0n) is 22.1. The van der Waals surface area contributed by atoms with Crippen LogP contribution in [-0.2, 0) is 13.6 Å². The molecule has 2 N–H and O–H groups in total. The summed E-state index contributed by atoms with van der Waals surface area (Å²) in [4.78, 5) is 17.2. The van der Waals surface area contributed by atoms with Crippen molar-refractivity contribution in [2.75, 3.05) is 18.0 Å². The highest BCUT2D eigenvalue weighted by molar-refractivity contribution is 5.98. The number of piperazine rings is 1. The molecule has 0 saturated carbocycles. The van der Waals surface area contributed by atoms with Gasteiger partial charge in [0.1, 0.15) is 29.1 Å². The van der Waals surface area contributed by atoms with Crippen molar-refractivity contribution in [1.29, 1.82) is 5.26 Å². The van der Waals surface area contributed by atoms with Gasteiger partial charge in [0.05, 0.1) is 17.5 Å². The molecule has 40 heavy (non-hydrogen) atoms. The van der Waals surface area contributed by atoms with Crippen molar-refractivity contribution in [3.8, 4) is 34.2 Å². The molecule has 4 aromatic heterocycles. The molecule has 3 aliphatic rings. The Kier molecular flexibility index (Phi) is 5.57. The van der Waals surface area contributed by atoms with Gasteiger partial charge in [0.25, 0.3) is 0 Å². The predicted octanol–water partition coefficient (Wildman–Crippen LogP) is 4.51. The van der Waals surface area contributed by atoms with Gasteiger partial charge in [-0.3, -0.25) is 9.58 Å². The number of benzene rings is 1. The number of rotatable bonds is 5. The number of aromatic hydroxyl groups is 1. The van der Waals surface area contributed by atoms with Crippen LogP contribution in [0, 0.1) is 24.1 Å². The summed E-state index contributed by atoms with van der Waals surface area (Å²) in [7, 11) is 1.87. The number of fused-ring (bicyclic) bond motifs is 3. The molecule has 0 radical (unpaired) electrons. The van der Waals surface area contributed by atoms with Crippen LogP contribution in [0.4, 0.5) is 10.2 Å². The number of hydrogen-bond acceptors (Lipinski definition) is 7. The number of H-pyrrole nitrogens is 1. The highest BCUT2D eigenvalue weighted by Gasteiger charge is 2.45. The predicted molar refractivity (Wildman–Crippen MR) is 149 cm³/mol. The molecule has 5 aromatic rings. The first-order chi connectivity index (χ1) is 19.4. The first-order valence-corrected chi connectivity index (χ1v) is 13.2. The summed E-state index contributed by atoms with van der Waals surface area (Å²) in [5, 5.41) is 25.4. The van der Waals surface area contributed by atoms with Gasteiger partial charge in [-0.25, -0.2) is 14.4 Å². The fourth-order valence-electron chi connectivity index (χ4n) is 6.16. The fraction of sp³-hybridized carbons (Fsp3) is 0.267. The molecule has 2 bridgehead atoms. The molecule has 8 rings (SSSR count). The van der Waals surface area contributed by atoms with E-state index in [9.17, 15) is 14.8 Å². The number of aromatic nitrogens is 5. The molecule has 2 atom stereocenters. The summed E-state index contributed by atoms with van der Waals surface area (Å²) in [5.41, 5.74) is 5.87. The lowest BCUT2D eigenvalue weighted by Crippen LogP contribution is -2.68. The van der Waals surface area contributed by atoms with Gasteiger partial charge in [-0.15, -0.1) is 0 Å². The Labute approximate surface area is 230 Å². The smallest absolute Gasteiger partial charge is 0.138 e. The summed E-state index contributed by atoms with van der Waals surface area (Å²) in [6.07, 6.45) is 8.22. The van der Waals surface area contributed by atoms with Crippen LogP contribution in [-0.4, -0.2) is 59.9 Å². The molecule has 1 aromatic carbocycles. The van der Waals surface area contributed by atoms with E-state index in [4.69, 9.17) is 4.98 Å². The van der Waals surface area contributed by atoms with Crippen molar-refractivity contribution in [1.82, 2.24) is 29.6 Å². The van der Waals surface area contributed by atoms with Crippen LogP contribution in [0.15, 0.2) is 55.1 Å². The number of halogens is 1. The molecule has 2 unspecified atom stereocenters. The lowest BCUT2D eigenvalue weighted by atomic mass is 9.86. The van der Waals surface area contributed by atoms with E-state index in [1.54, 1.807) is 24.0 Å². The van der Waals surface area contributed by atoms with Crippen molar-refractivity contribution in [3.63, 3.8) is 0 Å². The molecular weight excluding hydrogens is 507 g/mol. The van der Waals surface area contributed by atoms with Gasteiger partial charge in [-0.2, -0.15) is 10.4 Å². The molecular formula is C30H27FN8O. The summed E-state index contributed by atoms with van der Waals surface area (Å²) in [6, 6.07) is 11.7. The number of phenolic OH excluding ortho intramolecular Hbond substituents is 1. The van der Waals surface area contributed by atoms with Gasteiger partial charge in [-0.05, 0) is 49.2 Å². The molecule has 3 aliphatic heterocycles. The Morgan fingerprint density at radius 3 is 2.62 bits per heavy atom. The van der Waals surface area contributed by atoms with Crippen molar-refractivity contribution in [3.05, 3.63) is 77.6 Å². The monoisotopic (exact) mass is 534 g/mol. The van der Waals surface area contributed by atoms with E-state index in [-0.39, 0.29) is 11.6 Å². The van der Waals surface area contributed by atoms with Crippen LogP contribution in [0.1, 0.15) is 23.1 Å². The molecule has 10 heteroatoms. The van der Waals surface area contributed by atoms with E-state index in [0.29, 0.717) is 41.0 Å². The zero-order valence-corrected chi connectivity index (χ0v) is 22.1. The first-order valence-electron chi connectivity index (χ1n) is 13.2. The third kappa shape index (κ3) is 3.98. The molecule has 3 saturated heterocycles. The Balaban J connectivity index is 1.12. The Morgan fingerprint density at radius 1 is 1.10 bits per heavy atom. The average molecular weight is 535 g/mol. The van der Waals surface area contributed by atoms with Crippen LogP contribution >= 0.6 is 0 Å². The Bertz CT molecular complexity index is 1790. The van der Waals surface area contributed by atoms with Crippen molar-refractivity contribution >= 4 is 16.9 Å². The molecule has 200 valence electrons.